The Bertz CT molecular complexity index is 1660. The zero-order chi connectivity index (χ0) is 30.2. The summed E-state index contributed by atoms with van der Waals surface area (Å²) >= 11 is 0. The van der Waals surface area contributed by atoms with E-state index in [0.717, 1.165) is 0 Å². The van der Waals surface area contributed by atoms with Crippen LogP contribution in [0.3, 0.4) is 0 Å². The van der Waals surface area contributed by atoms with Crippen LogP contribution < -0.4 is 16.6 Å². The first-order valence-corrected chi connectivity index (χ1v) is 15.7. The summed E-state index contributed by atoms with van der Waals surface area (Å²) < 4.78 is 59.6. The summed E-state index contributed by atoms with van der Waals surface area (Å²) in [6, 6.07) is 6.35. The molecule has 41 heavy (non-hydrogen) atoms. The fraction of sp³-hybridized carbons (Fsp3) is 0.333. The molecule has 1 fully saturated rings. The van der Waals surface area contributed by atoms with Crippen LogP contribution in [-0.2, 0) is 36.3 Å². The molecule has 8 N–H and O–H groups in total. The Kier molecular flexibility index (Phi) is 8.84. The van der Waals surface area contributed by atoms with E-state index in [9.17, 15) is 33.1 Å². The molecular formula is C18H23N6O14P3. The smallest absolute Gasteiger partial charge is 0.456 e. The molecule has 0 amide bonds. The number of nitrogen functional groups attached to an aromatic ring is 1. The van der Waals surface area contributed by atoms with Gasteiger partial charge in [-0.25, -0.2) is 23.5 Å². The van der Waals surface area contributed by atoms with Crippen molar-refractivity contribution >= 4 is 52.2 Å². The number of phosphoric acid groups is 3. The molecule has 2 unspecified atom stereocenters. The lowest BCUT2D eigenvalue weighted by molar-refractivity contribution is -0.0489. The van der Waals surface area contributed by atoms with Gasteiger partial charge >= 0.3 is 29.4 Å². The van der Waals surface area contributed by atoms with E-state index in [-0.39, 0.29) is 29.1 Å². The van der Waals surface area contributed by atoms with Crippen molar-refractivity contribution in [2.75, 3.05) is 24.7 Å². The quantitative estimate of drug-likeness (QED) is 0.111. The van der Waals surface area contributed by atoms with Gasteiger partial charge in [0, 0.05) is 19.2 Å². The molecule has 0 bridgehead atoms. The Hall–Kier alpha value is -2.99. The van der Waals surface area contributed by atoms with Crippen LogP contribution in [0.1, 0.15) is 23.0 Å². The molecule has 1 aliphatic heterocycles. The maximum atomic E-state index is 13.0. The van der Waals surface area contributed by atoms with E-state index in [1.165, 1.54) is 17.0 Å². The third-order valence-corrected chi connectivity index (χ3v) is 9.24. The Morgan fingerprint density at radius 2 is 1.90 bits per heavy atom. The Morgan fingerprint density at radius 1 is 1.20 bits per heavy atom. The Morgan fingerprint density at radius 3 is 2.59 bits per heavy atom. The molecular weight excluding hydrogens is 617 g/mol. The fourth-order valence-electron chi connectivity index (χ4n) is 3.85. The zero-order valence-corrected chi connectivity index (χ0v) is 23.3. The molecule has 0 aliphatic carbocycles. The lowest BCUT2D eigenvalue weighted by Gasteiger charge is -2.21. The highest BCUT2D eigenvalue weighted by atomic mass is 31.3. The number of para-hydroxylation sites is 1. The van der Waals surface area contributed by atoms with Gasteiger partial charge in [0.1, 0.15) is 18.4 Å². The van der Waals surface area contributed by atoms with Gasteiger partial charge < -0.3 is 40.1 Å². The lowest BCUT2D eigenvalue weighted by atomic mass is 10.1. The number of aromatic nitrogens is 4. The molecule has 3 heterocycles. The SMILES string of the molecule is CNc1ccccc1C(=O)O[C@@H]1C[C@H](n2cnc3c(=O)[nH]c(N)nc32)O[C@@H]1COP(=O)(O)OP(=O)(O)OP(=O)(O)O. The normalized spacial score (nSPS) is 22.2. The zero-order valence-electron chi connectivity index (χ0n) is 20.7. The van der Waals surface area contributed by atoms with Crippen molar-refractivity contribution in [2.24, 2.45) is 0 Å². The summed E-state index contributed by atoms with van der Waals surface area (Å²) in [5.74, 6) is -1.04. The topological polar surface area (TPSA) is 297 Å². The molecule has 224 valence electrons. The largest absolute Gasteiger partial charge is 0.490 e. The minimum absolute atomic E-state index is 0.00962. The number of benzene rings is 1. The number of aromatic amines is 1. The van der Waals surface area contributed by atoms with Crippen LogP contribution in [0.25, 0.3) is 11.2 Å². The summed E-state index contributed by atoms with van der Waals surface area (Å²) in [7, 11) is -15.3. The minimum Gasteiger partial charge on any atom is -0.456 e. The molecule has 23 heteroatoms. The molecule has 1 saturated heterocycles. The highest BCUT2D eigenvalue weighted by molar-refractivity contribution is 7.66. The van der Waals surface area contributed by atoms with Crippen molar-refractivity contribution in [3.63, 3.8) is 0 Å². The van der Waals surface area contributed by atoms with Crippen molar-refractivity contribution in [3.05, 3.63) is 46.5 Å². The van der Waals surface area contributed by atoms with E-state index in [1.807, 2.05) is 0 Å². The van der Waals surface area contributed by atoms with Gasteiger partial charge in [0.05, 0.1) is 18.5 Å². The van der Waals surface area contributed by atoms with E-state index in [1.54, 1.807) is 25.2 Å². The molecule has 4 rings (SSSR count). The number of rotatable bonds is 11. The molecule has 0 saturated carbocycles. The van der Waals surface area contributed by atoms with Gasteiger partial charge in [-0.3, -0.25) is 18.9 Å². The van der Waals surface area contributed by atoms with Gasteiger partial charge in [-0.05, 0) is 12.1 Å². The number of anilines is 2. The van der Waals surface area contributed by atoms with Crippen LogP contribution in [0.15, 0.2) is 35.4 Å². The summed E-state index contributed by atoms with van der Waals surface area (Å²) in [5.41, 5.74) is 5.48. The number of nitrogens with zero attached hydrogens (tertiary/aromatic N) is 3. The van der Waals surface area contributed by atoms with Crippen LogP contribution in [-0.4, -0.2) is 70.9 Å². The molecule has 5 atom stereocenters. The van der Waals surface area contributed by atoms with Crippen molar-refractivity contribution in [2.45, 2.75) is 24.9 Å². The Labute approximate surface area is 228 Å². The average Bonchev–Trinajstić information content (AvgIpc) is 3.44. The summed E-state index contributed by atoms with van der Waals surface area (Å²) in [6.07, 6.45) is -2.50. The standard InChI is InChI=1S/C18H23N6O14P3/c1-20-10-5-3-2-4-9(10)17(26)36-11-6-13(24-8-21-14-15(24)22-18(19)23-16(14)25)35-12(11)7-34-40(30,31)38-41(32,33)37-39(27,28)29/h2-5,8,11-13,20H,6-7H2,1H3,(H,30,31)(H,32,33)(H2,27,28,29)(H3,19,22,23,25)/t11-,12-,13-/m1/s1. The molecule has 20 nitrogen and oxygen atoms in total. The van der Waals surface area contributed by atoms with Gasteiger partial charge in [0.25, 0.3) is 5.56 Å². The molecule has 1 aliphatic rings. The van der Waals surface area contributed by atoms with E-state index in [4.69, 9.17) is 29.5 Å². The average molecular weight is 640 g/mol. The first-order valence-electron chi connectivity index (χ1n) is 11.2. The number of carbonyl (C=O) groups is 1. The van der Waals surface area contributed by atoms with E-state index in [0.29, 0.717) is 5.69 Å². The number of imidazole rings is 1. The van der Waals surface area contributed by atoms with Gasteiger partial charge in [-0.15, -0.1) is 0 Å². The minimum atomic E-state index is -5.77. The van der Waals surface area contributed by atoms with Crippen molar-refractivity contribution in [1.29, 1.82) is 0 Å². The third-order valence-electron chi connectivity index (χ3n) is 5.43. The van der Waals surface area contributed by atoms with Gasteiger partial charge in [-0.2, -0.15) is 13.6 Å². The highest BCUT2D eigenvalue weighted by Gasteiger charge is 2.44. The van der Waals surface area contributed by atoms with Crippen LogP contribution in [0, 0.1) is 0 Å². The number of nitrogens with one attached hydrogen (secondary N) is 2. The number of hydrogen-bond acceptors (Lipinski definition) is 14. The fourth-order valence-corrected chi connectivity index (χ4v) is 6.88. The summed E-state index contributed by atoms with van der Waals surface area (Å²) in [5, 5.41) is 2.83. The maximum absolute atomic E-state index is 13.0. The highest BCUT2D eigenvalue weighted by Crippen LogP contribution is 2.66. The number of nitrogens with two attached hydrogens (primary N) is 1. The molecule has 2 aromatic heterocycles. The number of ether oxygens (including phenoxy) is 2. The number of esters is 1. The predicted molar refractivity (Wildman–Crippen MR) is 136 cm³/mol. The van der Waals surface area contributed by atoms with E-state index < -0.39 is 60.0 Å². The van der Waals surface area contributed by atoms with E-state index >= 15 is 0 Å². The Balaban J connectivity index is 1.58. The van der Waals surface area contributed by atoms with E-state index in [2.05, 4.69) is 28.9 Å². The van der Waals surface area contributed by atoms with Crippen molar-refractivity contribution in [1.82, 2.24) is 19.5 Å². The second-order valence-corrected chi connectivity index (χ2v) is 12.7. The van der Waals surface area contributed by atoms with Crippen LogP contribution in [0.5, 0.6) is 0 Å². The first kappa shape index (κ1) is 31.0. The third kappa shape index (κ3) is 7.65. The van der Waals surface area contributed by atoms with Crippen molar-refractivity contribution in [3.8, 4) is 0 Å². The first-order chi connectivity index (χ1) is 19.1. The lowest BCUT2D eigenvalue weighted by Crippen LogP contribution is -2.31. The number of H-pyrrole nitrogens is 1. The number of fused-ring (bicyclic) bond motifs is 1. The van der Waals surface area contributed by atoms with Crippen LogP contribution in [0.4, 0.5) is 11.6 Å². The van der Waals surface area contributed by atoms with Crippen LogP contribution in [0.2, 0.25) is 0 Å². The molecule has 3 aromatic rings. The summed E-state index contributed by atoms with van der Waals surface area (Å²) in [4.78, 5) is 72.1. The van der Waals surface area contributed by atoms with Crippen LogP contribution >= 0.6 is 23.5 Å². The van der Waals surface area contributed by atoms with Crippen molar-refractivity contribution < 1.29 is 60.7 Å². The number of phosphoric ester groups is 1. The monoisotopic (exact) mass is 640 g/mol. The maximum Gasteiger partial charge on any atom is 0.490 e. The summed E-state index contributed by atoms with van der Waals surface area (Å²) in [6.45, 7) is -0.908. The van der Waals surface area contributed by atoms with Gasteiger partial charge in [-0.1, -0.05) is 12.1 Å². The molecule has 0 spiro atoms. The predicted octanol–water partition coefficient (Wildman–Crippen LogP) is 0.600. The number of carbonyl (C=O) groups excluding carboxylic acids is 1. The number of hydrogen-bond donors (Lipinski definition) is 7. The second kappa shape index (κ2) is 11.7. The van der Waals surface area contributed by atoms with Gasteiger partial charge in [0.2, 0.25) is 5.95 Å². The molecule has 0 radical (unpaired) electrons. The molecule has 1 aromatic carbocycles. The second-order valence-electron chi connectivity index (χ2n) is 8.27. The van der Waals surface area contributed by atoms with Gasteiger partial charge in [0.15, 0.2) is 11.2 Å².